The molecule has 172 valence electrons. The van der Waals surface area contributed by atoms with E-state index in [-0.39, 0.29) is 11.2 Å². The van der Waals surface area contributed by atoms with Gasteiger partial charge in [-0.1, -0.05) is 69.3 Å². The summed E-state index contributed by atoms with van der Waals surface area (Å²) >= 11 is 0. The zero-order chi connectivity index (χ0) is 23.9. The van der Waals surface area contributed by atoms with Gasteiger partial charge in [-0.2, -0.15) is 5.21 Å². The number of fused-ring (bicyclic) bond motifs is 1. The van der Waals surface area contributed by atoms with E-state index in [0.717, 1.165) is 34.5 Å². The summed E-state index contributed by atoms with van der Waals surface area (Å²) in [6.07, 6.45) is 0.738. The molecule has 0 aliphatic rings. The van der Waals surface area contributed by atoms with Gasteiger partial charge in [-0.05, 0) is 27.3 Å². The maximum absolute atomic E-state index is 6.28. The van der Waals surface area contributed by atoms with Crippen LogP contribution in [0.25, 0.3) is 33.5 Å². The summed E-state index contributed by atoms with van der Waals surface area (Å²) in [4.78, 5) is 4.84. The molecule has 0 fully saturated rings. The van der Waals surface area contributed by atoms with Crippen LogP contribution in [-0.4, -0.2) is 40.4 Å². The van der Waals surface area contributed by atoms with Crippen molar-refractivity contribution < 1.29 is 0 Å². The number of nitrogens with two attached hydrogens (primary N) is 2. The van der Waals surface area contributed by atoms with Crippen LogP contribution in [0.3, 0.4) is 0 Å². The standard InChI is InChI=1S/C24H26N10/c1-24(2,3)12-18-27-19-20(22(26)29-28-21(19)25)34(18)13-14-8-4-5-9-15(14)16-10-6-7-11-17(16)23-30-32-33-31-23/h4-11H,12-13H2,1-3H3,(H2,25,28)(H2,26,29)(H,30,31,32,33). The molecule has 10 nitrogen and oxygen atoms in total. The second kappa shape index (κ2) is 8.22. The van der Waals surface area contributed by atoms with Gasteiger partial charge in [0.25, 0.3) is 0 Å². The van der Waals surface area contributed by atoms with Gasteiger partial charge in [0.05, 0.1) is 6.54 Å². The van der Waals surface area contributed by atoms with Gasteiger partial charge < -0.3 is 16.0 Å². The van der Waals surface area contributed by atoms with Gasteiger partial charge in [0.1, 0.15) is 16.9 Å². The predicted molar refractivity (Wildman–Crippen MR) is 131 cm³/mol. The molecule has 0 aliphatic heterocycles. The van der Waals surface area contributed by atoms with Crippen molar-refractivity contribution in [1.29, 1.82) is 0 Å². The molecule has 0 unspecified atom stereocenters. The van der Waals surface area contributed by atoms with E-state index in [9.17, 15) is 0 Å². The number of anilines is 2. The molecular weight excluding hydrogens is 428 g/mol. The Morgan fingerprint density at radius 1 is 0.853 bits per heavy atom. The van der Waals surface area contributed by atoms with E-state index in [2.05, 4.69) is 74.4 Å². The summed E-state index contributed by atoms with van der Waals surface area (Å²) in [5, 5.41) is 22.7. The topological polar surface area (TPSA) is 150 Å². The summed E-state index contributed by atoms with van der Waals surface area (Å²) in [6, 6.07) is 16.2. The number of nitrogens with zero attached hydrogens (tertiary/aromatic N) is 7. The van der Waals surface area contributed by atoms with Gasteiger partial charge in [-0.25, -0.2) is 4.98 Å². The van der Waals surface area contributed by atoms with Crippen LogP contribution < -0.4 is 11.5 Å². The van der Waals surface area contributed by atoms with Crippen LogP contribution in [-0.2, 0) is 13.0 Å². The number of hydrogen-bond acceptors (Lipinski definition) is 8. The maximum Gasteiger partial charge on any atom is 0.205 e. The lowest BCUT2D eigenvalue weighted by atomic mass is 9.91. The van der Waals surface area contributed by atoms with Crippen LogP contribution in [0.15, 0.2) is 48.5 Å². The van der Waals surface area contributed by atoms with Crippen LogP contribution in [0.2, 0.25) is 0 Å². The summed E-state index contributed by atoms with van der Waals surface area (Å²) in [5.74, 6) is 2.01. The molecule has 3 heterocycles. The third-order valence-corrected chi connectivity index (χ3v) is 5.64. The van der Waals surface area contributed by atoms with Gasteiger partial charge in [0, 0.05) is 12.0 Å². The number of hydrogen-bond donors (Lipinski definition) is 3. The molecule has 2 aromatic carbocycles. The molecule has 34 heavy (non-hydrogen) atoms. The maximum atomic E-state index is 6.28. The first-order chi connectivity index (χ1) is 16.3. The molecule has 0 atom stereocenters. The Hall–Kier alpha value is -4.34. The predicted octanol–water partition coefficient (Wildman–Crippen LogP) is 3.47. The summed E-state index contributed by atoms with van der Waals surface area (Å²) < 4.78 is 2.11. The lowest BCUT2D eigenvalue weighted by Crippen LogP contribution is -2.15. The number of H-pyrrole nitrogens is 1. The molecule has 5 N–H and O–H groups in total. The molecule has 0 radical (unpaired) electrons. The summed E-state index contributed by atoms with van der Waals surface area (Å²) in [5.41, 5.74) is 17.7. The van der Waals surface area contributed by atoms with Crippen LogP contribution in [0.1, 0.15) is 32.2 Å². The van der Waals surface area contributed by atoms with Crippen molar-refractivity contribution in [3.8, 4) is 22.5 Å². The number of benzene rings is 2. The normalized spacial score (nSPS) is 11.9. The van der Waals surface area contributed by atoms with E-state index in [4.69, 9.17) is 16.5 Å². The number of rotatable bonds is 5. The summed E-state index contributed by atoms with van der Waals surface area (Å²) in [6.45, 7) is 7.06. The number of tetrazole rings is 1. The number of aromatic amines is 1. The van der Waals surface area contributed by atoms with Crippen molar-refractivity contribution in [2.75, 3.05) is 11.5 Å². The average molecular weight is 455 g/mol. The van der Waals surface area contributed by atoms with Crippen molar-refractivity contribution in [3.05, 3.63) is 59.9 Å². The second-order valence-electron chi connectivity index (χ2n) is 9.46. The molecular formula is C24H26N10. The SMILES string of the molecule is CC(C)(C)Cc1nc2c(N)nnc(N)c2n1Cc1ccccc1-c1ccccc1-c1nn[nH]n1. The van der Waals surface area contributed by atoms with Crippen molar-refractivity contribution >= 4 is 22.7 Å². The molecule has 0 saturated carbocycles. The fourth-order valence-electron chi connectivity index (χ4n) is 4.20. The smallest absolute Gasteiger partial charge is 0.205 e. The van der Waals surface area contributed by atoms with E-state index in [1.165, 1.54) is 0 Å². The minimum Gasteiger partial charge on any atom is -0.380 e. The Labute approximate surface area is 196 Å². The molecule has 0 saturated heterocycles. The highest BCUT2D eigenvalue weighted by Crippen LogP contribution is 2.34. The fraction of sp³-hybridized carbons (Fsp3) is 0.250. The summed E-state index contributed by atoms with van der Waals surface area (Å²) in [7, 11) is 0. The highest BCUT2D eigenvalue weighted by molar-refractivity contribution is 5.92. The van der Waals surface area contributed by atoms with Crippen molar-refractivity contribution in [2.24, 2.45) is 5.41 Å². The third kappa shape index (κ3) is 3.94. The monoisotopic (exact) mass is 454 g/mol. The van der Waals surface area contributed by atoms with Crippen molar-refractivity contribution in [3.63, 3.8) is 0 Å². The molecule has 0 spiro atoms. The molecule has 5 aromatic rings. The Balaban J connectivity index is 1.68. The van der Waals surface area contributed by atoms with Gasteiger partial charge in [-0.15, -0.1) is 20.4 Å². The van der Waals surface area contributed by atoms with E-state index in [0.29, 0.717) is 29.2 Å². The first-order valence-electron chi connectivity index (χ1n) is 11.0. The van der Waals surface area contributed by atoms with E-state index in [1.54, 1.807) is 0 Å². The number of nitrogens with one attached hydrogen (secondary N) is 1. The Kier molecular flexibility index (Phi) is 5.20. The lowest BCUT2D eigenvalue weighted by Gasteiger charge is -2.20. The average Bonchev–Trinajstić information content (AvgIpc) is 3.45. The third-order valence-electron chi connectivity index (χ3n) is 5.64. The van der Waals surface area contributed by atoms with Crippen LogP contribution in [0.4, 0.5) is 11.6 Å². The molecule has 0 aliphatic carbocycles. The molecule has 3 aromatic heterocycles. The first-order valence-corrected chi connectivity index (χ1v) is 11.0. The van der Waals surface area contributed by atoms with Gasteiger partial charge in [0.2, 0.25) is 5.82 Å². The number of nitrogen functional groups attached to an aromatic ring is 2. The lowest BCUT2D eigenvalue weighted by molar-refractivity contribution is 0.395. The van der Waals surface area contributed by atoms with E-state index < -0.39 is 0 Å². The van der Waals surface area contributed by atoms with Crippen molar-refractivity contribution in [1.82, 2.24) is 40.4 Å². The van der Waals surface area contributed by atoms with Gasteiger partial charge in [0.15, 0.2) is 11.6 Å². The zero-order valence-corrected chi connectivity index (χ0v) is 19.3. The van der Waals surface area contributed by atoms with Gasteiger partial charge >= 0.3 is 0 Å². The Bertz CT molecular complexity index is 1460. The molecule has 0 amide bonds. The Morgan fingerprint density at radius 2 is 1.53 bits per heavy atom. The van der Waals surface area contributed by atoms with Crippen LogP contribution >= 0.6 is 0 Å². The minimum absolute atomic E-state index is 0.00818. The van der Waals surface area contributed by atoms with Gasteiger partial charge in [-0.3, -0.25) is 0 Å². The number of imidazole rings is 1. The molecule has 0 bridgehead atoms. The second-order valence-corrected chi connectivity index (χ2v) is 9.46. The van der Waals surface area contributed by atoms with Crippen molar-refractivity contribution in [2.45, 2.75) is 33.7 Å². The largest absolute Gasteiger partial charge is 0.380 e. The zero-order valence-electron chi connectivity index (χ0n) is 19.3. The highest BCUT2D eigenvalue weighted by atomic mass is 15.5. The van der Waals surface area contributed by atoms with E-state index in [1.807, 2.05) is 30.3 Å². The molecule has 10 heteroatoms. The first kappa shape index (κ1) is 21.5. The quantitative estimate of drug-likeness (QED) is 0.365. The minimum atomic E-state index is 0.00818. The number of aromatic nitrogens is 8. The van der Waals surface area contributed by atoms with E-state index >= 15 is 0 Å². The Morgan fingerprint density at radius 3 is 2.24 bits per heavy atom. The van der Waals surface area contributed by atoms with Crippen LogP contribution in [0.5, 0.6) is 0 Å². The fourth-order valence-corrected chi connectivity index (χ4v) is 4.20. The molecule has 5 rings (SSSR count). The van der Waals surface area contributed by atoms with Crippen LogP contribution in [0, 0.1) is 5.41 Å². The highest BCUT2D eigenvalue weighted by Gasteiger charge is 2.23.